The summed E-state index contributed by atoms with van der Waals surface area (Å²) in [4.78, 5) is 4.23. The molecule has 16 heavy (non-hydrogen) atoms. The van der Waals surface area contributed by atoms with Gasteiger partial charge in [-0.25, -0.2) is 4.98 Å². The number of hydrogen-bond acceptors (Lipinski definition) is 2. The second kappa shape index (κ2) is 4.94. The van der Waals surface area contributed by atoms with E-state index in [1.54, 1.807) is 6.20 Å². The van der Waals surface area contributed by atoms with Crippen LogP contribution >= 0.6 is 0 Å². The highest BCUT2D eigenvalue weighted by atomic mass is 16.3. The van der Waals surface area contributed by atoms with Gasteiger partial charge in [0.15, 0.2) is 0 Å². The highest BCUT2D eigenvalue weighted by molar-refractivity contribution is 5.17. The molecule has 0 spiro atoms. The van der Waals surface area contributed by atoms with Crippen molar-refractivity contribution in [2.45, 2.75) is 18.9 Å². The number of rotatable bonds is 4. The number of imidazole rings is 1. The summed E-state index contributed by atoms with van der Waals surface area (Å²) in [5, 5.41) is 9.97. The van der Waals surface area contributed by atoms with E-state index in [9.17, 15) is 5.11 Å². The predicted molar refractivity (Wildman–Crippen MR) is 62.9 cm³/mol. The Bertz CT molecular complexity index is 436. The van der Waals surface area contributed by atoms with Gasteiger partial charge in [0.25, 0.3) is 0 Å². The number of benzene rings is 1. The highest BCUT2D eigenvalue weighted by Gasteiger charge is 2.08. The Morgan fingerprint density at radius 2 is 2.06 bits per heavy atom. The van der Waals surface area contributed by atoms with Crippen molar-refractivity contribution in [3.05, 3.63) is 54.1 Å². The van der Waals surface area contributed by atoms with Crippen LogP contribution in [-0.4, -0.2) is 14.7 Å². The van der Waals surface area contributed by atoms with Gasteiger partial charge in [0.05, 0.1) is 6.10 Å². The summed E-state index contributed by atoms with van der Waals surface area (Å²) >= 11 is 0. The van der Waals surface area contributed by atoms with Gasteiger partial charge in [-0.2, -0.15) is 0 Å². The summed E-state index contributed by atoms with van der Waals surface area (Å²) < 4.78 is 1.98. The van der Waals surface area contributed by atoms with E-state index in [-0.39, 0.29) is 0 Å². The molecule has 1 heterocycles. The second-order valence-corrected chi connectivity index (χ2v) is 3.92. The molecule has 0 aliphatic rings. The molecule has 2 rings (SSSR count). The van der Waals surface area contributed by atoms with Crippen LogP contribution in [-0.2, 0) is 13.5 Å². The van der Waals surface area contributed by atoms with Crippen LogP contribution in [0, 0.1) is 0 Å². The Balaban J connectivity index is 1.94. The standard InChI is InChI=1S/C13H16N2O/c1-15-10-9-14-13(15)8-7-12(16)11-5-3-2-4-6-11/h2-6,9-10,12,16H,7-8H2,1H3. The summed E-state index contributed by atoms with van der Waals surface area (Å²) in [7, 11) is 1.97. The van der Waals surface area contributed by atoms with Crippen LogP contribution in [0.1, 0.15) is 23.9 Å². The van der Waals surface area contributed by atoms with Gasteiger partial charge in [0, 0.05) is 25.9 Å². The first kappa shape index (κ1) is 10.9. The molecular weight excluding hydrogens is 200 g/mol. The van der Waals surface area contributed by atoms with E-state index in [2.05, 4.69) is 4.98 Å². The predicted octanol–water partition coefficient (Wildman–Crippen LogP) is 2.09. The molecule has 0 radical (unpaired) electrons. The Kier molecular flexibility index (Phi) is 3.37. The fourth-order valence-corrected chi connectivity index (χ4v) is 1.75. The molecule has 0 aliphatic heterocycles. The maximum absolute atomic E-state index is 9.97. The number of aliphatic hydroxyl groups excluding tert-OH is 1. The minimum Gasteiger partial charge on any atom is -0.388 e. The van der Waals surface area contributed by atoms with E-state index in [1.165, 1.54) is 0 Å². The third kappa shape index (κ3) is 2.49. The molecule has 0 amide bonds. The lowest BCUT2D eigenvalue weighted by atomic mass is 10.1. The van der Waals surface area contributed by atoms with E-state index < -0.39 is 6.10 Å². The van der Waals surface area contributed by atoms with E-state index in [0.29, 0.717) is 6.42 Å². The van der Waals surface area contributed by atoms with Crippen LogP contribution < -0.4 is 0 Å². The van der Waals surface area contributed by atoms with Crippen LogP contribution in [0.5, 0.6) is 0 Å². The molecule has 0 saturated heterocycles. The van der Waals surface area contributed by atoms with Crippen molar-refractivity contribution in [1.82, 2.24) is 9.55 Å². The van der Waals surface area contributed by atoms with E-state index in [0.717, 1.165) is 17.8 Å². The summed E-state index contributed by atoms with van der Waals surface area (Å²) in [5.41, 5.74) is 0.969. The molecule has 3 heteroatoms. The first-order valence-electron chi connectivity index (χ1n) is 5.46. The highest BCUT2D eigenvalue weighted by Crippen LogP contribution is 2.17. The van der Waals surface area contributed by atoms with Gasteiger partial charge in [0.2, 0.25) is 0 Å². The third-order valence-electron chi connectivity index (χ3n) is 2.75. The monoisotopic (exact) mass is 216 g/mol. The Hall–Kier alpha value is -1.61. The van der Waals surface area contributed by atoms with Gasteiger partial charge in [-0.15, -0.1) is 0 Å². The van der Waals surface area contributed by atoms with Gasteiger partial charge >= 0.3 is 0 Å². The minimum atomic E-state index is -0.405. The van der Waals surface area contributed by atoms with Crippen LogP contribution in [0.4, 0.5) is 0 Å². The Labute approximate surface area is 95.4 Å². The number of aliphatic hydroxyl groups is 1. The largest absolute Gasteiger partial charge is 0.388 e. The van der Waals surface area contributed by atoms with Crippen molar-refractivity contribution in [2.24, 2.45) is 7.05 Å². The van der Waals surface area contributed by atoms with Crippen molar-refractivity contribution < 1.29 is 5.11 Å². The lowest BCUT2D eigenvalue weighted by molar-refractivity contribution is 0.167. The van der Waals surface area contributed by atoms with Crippen LogP contribution in [0.15, 0.2) is 42.7 Å². The molecule has 2 aromatic rings. The molecule has 0 fully saturated rings. The van der Waals surface area contributed by atoms with E-state index >= 15 is 0 Å². The van der Waals surface area contributed by atoms with Gasteiger partial charge in [-0.05, 0) is 12.0 Å². The molecule has 0 bridgehead atoms. The fourth-order valence-electron chi connectivity index (χ4n) is 1.75. The average molecular weight is 216 g/mol. The number of aromatic nitrogens is 2. The maximum Gasteiger partial charge on any atom is 0.108 e. The van der Waals surface area contributed by atoms with Crippen molar-refractivity contribution >= 4 is 0 Å². The van der Waals surface area contributed by atoms with E-state index in [1.807, 2.05) is 48.1 Å². The number of aryl methyl sites for hydroxylation is 2. The van der Waals surface area contributed by atoms with Crippen molar-refractivity contribution in [2.75, 3.05) is 0 Å². The quantitative estimate of drug-likeness (QED) is 0.849. The number of hydrogen-bond donors (Lipinski definition) is 1. The Morgan fingerprint density at radius 1 is 1.31 bits per heavy atom. The Morgan fingerprint density at radius 3 is 2.69 bits per heavy atom. The molecule has 1 aromatic heterocycles. The number of nitrogens with zero attached hydrogens (tertiary/aromatic N) is 2. The lowest BCUT2D eigenvalue weighted by Gasteiger charge is -2.10. The zero-order valence-electron chi connectivity index (χ0n) is 9.37. The molecule has 3 nitrogen and oxygen atoms in total. The lowest BCUT2D eigenvalue weighted by Crippen LogP contribution is -2.03. The molecule has 84 valence electrons. The first-order valence-corrected chi connectivity index (χ1v) is 5.46. The fraction of sp³-hybridized carbons (Fsp3) is 0.308. The summed E-state index contributed by atoms with van der Waals surface area (Å²) in [5.74, 6) is 1.01. The summed E-state index contributed by atoms with van der Waals surface area (Å²) in [6.07, 6.45) is 4.79. The first-order chi connectivity index (χ1) is 7.77. The van der Waals surface area contributed by atoms with Crippen LogP contribution in [0.2, 0.25) is 0 Å². The zero-order valence-corrected chi connectivity index (χ0v) is 9.37. The van der Waals surface area contributed by atoms with Crippen molar-refractivity contribution in [3.8, 4) is 0 Å². The van der Waals surface area contributed by atoms with Crippen LogP contribution in [0.3, 0.4) is 0 Å². The van der Waals surface area contributed by atoms with E-state index in [4.69, 9.17) is 0 Å². The molecular formula is C13H16N2O. The SMILES string of the molecule is Cn1ccnc1CCC(O)c1ccccc1. The molecule has 1 N–H and O–H groups in total. The van der Waals surface area contributed by atoms with Crippen molar-refractivity contribution in [1.29, 1.82) is 0 Å². The van der Waals surface area contributed by atoms with Gasteiger partial charge < -0.3 is 9.67 Å². The molecule has 1 unspecified atom stereocenters. The van der Waals surface area contributed by atoms with Crippen molar-refractivity contribution in [3.63, 3.8) is 0 Å². The molecule has 0 saturated carbocycles. The summed E-state index contributed by atoms with van der Waals surface area (Å²) in [6, 6.07) is 9.74. The van der Waals surface area contributed by atoms with Gasteiger partial charge in [0.1, 0.15) is 5.82 Å². The molecule has 1 atom stereocenters. The normalized spacial score (nSPS) is 12.6. The maximum atomic E-state index is 9.97. The third-order valence-corrected chi connectivity index (χ3v) is 2.75. The second-order valence-electron chi connectivity index (χ2n) is 3.92. The minimum absolute atomic E-state index is 0.405. The smallest absolute Gasteiger partial charge is 0.108 e. The zero-order chi connectivity index (χ0) is 11.4. The van der Waals surface area contributed by atoms with Crippen LogP contribution in [0.25, 0.3) is 0 Å². The molecule has 0 aliphatic carbocycles. The van der Waals surface area contributed by atoms with Gasteiger partial charge in [-0.1, -0.05) is 30.3 Å². The average Bonchev–Trinajstić information content (AvgIpc) is 2.73. The topological polar surface area (TPSA) is 38.0 Å². The van der Waals surface area contributed by atoms with Gasteiger partial charge in [-0.3, -0.25) is 0 Å². The molecule has 1 aromatic carbocycles. The summed E-state index contributed by atoms with van der Waals surface area (Å²) in [6.45, 7) is 0.